The summed E-state index contributed by atoms with van der Waals surface area (Å²) in [4.78, 5) is 4.26. The molecule has 2 rings (SSSR count). The van der Waals surface area contributed by atoms with Crippen molar-refractivity contribution in [2.75, 3.05) is 0 Å². The fourth-order valence-corrected chi connectivity index (χ4v) is 1.86. The van der Waals surface area contributed by atoms with E-state index < -0.39 is 0 Å². The van der Waals surface area contributed by atoms with Crippen LogP contribution in [0, 0.1) is 5.82 Å². The number of aromatic nitrogens is 1. The van der Waals surface area contributed by atoms with E-state index in [0.29, 0.717) is 11.6 Å². The molecule has 0 saturated heterocycles. The summed E-state index contributed by atoms with van der Waals surface area (Å²) < 4.78 is 13.1. The number of benzene rings is 1. The first kappa shape index (κ1) is 13.0. The Bertz CT molecular complexity index is 516. The number of hydrogen-bond acceptors (Lipinski definition) is 2. The fourth-order valence-electron chi connectivity index (χ4n) is 1.68. The number of nitrogens with zero attached hydrogens (tertiary/aromatic N) is 1. The Kier molecular flexibility index (Phi) is 4.28. The van der Waals surface area contributed by atoms with Gasteiger partial charge in [0, 0.05) is 23.8 Å². The van der Waals surface area contributed by atoms with Gasteiger partial charge in [-0.15, -0.1) is 0 Å². The Morgan fingerprint density at radius 2 is 2.17 bits per heavy atom. The molecule has 2 aromatic rings. The summed E-state index contributed by atoms with van der Waals surface area (Å²) in [7, 11) is 0. The standard InChI is InChI=1S/C14H14ClFN2/c1-10(14-4-2-3-7-17-14)18-9-11-8-12(16)5-6-13(11)15/h2-8,10,18H,9H2,1H3/t10-/m1/s1. The zero-order valence-corrected chi connectivity index (χ0v) is 10.8. The van der Waals surface area contributed by atoms with Gasteiger partial charge in [0.25, 0.3) is 0 Å². The minimum absolute atomic E-state index is 0.0885. The van der Waals surface area contributed by atoms with Gasteiger partial charge in [-0.05, 0) is 42.8 Å². The summed E-state index contributed by atoms with van der Waals surface area (Å²) in [5.74, 6) is -0.276. The van der Waals surface area contributed by atoms with Gasteiger partial charge in [0.15, 0.2) is 0 Å². The van der Waals surface area contributed by atoms with Gasteiger partial charge in [-0.25, -0.2) is 4.39 Å². The van der Waals surface area contributed by atoms with Crippen molar-refractivity contribution in [2.45, 2.75) is 19.5 Å². The summed E-state index contributed by atoms with van der Waals surface area (Å²) in [5, 5.41) is 3.84. The average Bonchev–Trinajstić information content (AvgIpc) is 2.40. The summed E-state index contributed by atoms with van der Waals surface area (Å²) in [6, 6.07) is 10.2. The van der Waals surface area contributed by atoms with Crippen LogP contribution in [0.3, 0.4) is 0 Å². The second kappa shape index (κ2) is 5.94. The maximum atomic E-state index is 13.1. The van der Waals surface area contributed by atoms with Crippen molar-refractivity contribution in [3.63, 3.8) is 0 Å². The quantitative estimate of drug-likeness (QED) is 0.910. The molecule has 0 amide bonds. The average molecular weight is 265 g/mol. The smallest absolute Gasteiger partial charge is 0.123 e. The number of pyridine rings is 1. The van der Waals surface area contributed by atoms with Gasteiger partial charge in [0.05, 0.1) is 5.69 Å². The maximum absolute atomic E-state index is 13.1. The first-order valence-electron chi connectivity index (χ1n) is 5.75. The molecule has 0 bridgehead atoms. The molecule has 0 fully saturated rings. The molecule has 0 unspecified atom stereocenters. The van der Waals surface area contributed by atoms with Gasteiger partial charge < -0.3 is 5.32 Å². The molecule has 0 radical (unpaired) electrons. The molecular formula is C14H14ClFN2. The SMILES string of the molecule is C[C@@H](NCc1cc(F)ccc1Cl)c1ccccn1. The van der Waals surface area contributed by atoms with E-state index >= 15 is 0 Å². The molecule has 0 aliphatic heterocycles. The van der Waals surface area contributed by atoms with E-state index in [0.717, 1.165) is 11.3 Å². The van der Waals surface area contributed by atoms with Crippen molar-refractivity contribution in [2.24, 2.45) is 0 Å². The predicted molar refractivity (Wildman–Crippen MR) is 70.9 cm³/mol. The number of nitrogens with one attached hydrogen (secondary N) is 1. The van der Waals surface area contributed by atoms with Crippen LogP contribution in [0.5, 0.6) is 0 Å². The van der Waals surface area contributed by atoms with Crippen LogP contribution in [-0.4, -0.2) is 4.98 Å². The Morgan fingerprint density at radius 1 is 1.33 bits per heavy atom. The lowest BCUT2D eigenvalue weighted by Crippen LogP contribution is -2.19. The molecule has 0 spiro atoms. The lowest BCUT2D eigenvalue weighted by atomic mass is 10.1. The van der Waals surface area contributed by atoms with Gasteiger partial charge in [-0.2, -0.15) is 0 Å². The van der Waals surface area contributed by atoms with Gasteiger partial charge in [0.2, 0.25) is 0 Å². The molecule has 18 heavy (non-hydrogen) atoms. The molecule has 0 aliphatic rings. The van der Waals surface area contributed by atoms with Crippen LogP contribution in [0.4, 0.5) is 4.39 Å². The van der Waals surface area contributed by atoms with Gasteiger partial charge >= 0.3 is 0 Å². The zero-order valence-electron chi connectivity index (χ0n) is 10.0. The fraction of sp³-hybridized carbons (Fsp3) is 0.214. The van der Waals surface area contributed by atoms with Crippen molar-refractivity contribution in [3.05, 3.63) is 64.7 Å². The summed E-state index contributed by atoms with van der Waals surface area (Å²) in [6.45, 7) is 2.52. The van der Waals surface area contributed by atoms with Crippen LogP contribution in [0.15, 0.2) is 42.6 Å². The molecule has 1 heterocycles. The highest BCUT2D eigenvalue weighted by atomic mass is 35.5. The van der Waals surface area contributed by atoms with E-state index in [2.05, 4.69) is 10.3 Å². The van der Waals surface area contributed by atoms with Crippen molar-refractivity contribution < 1.29 is 4.39 Å². The zero-order chi connectivity index (χ0) is 13.0. The van der Waals surface area contributed by atoms with Crippen LogP contribution >= 0.6 is 11.6 Å². The highest BCUT2D eigenvalue weighted by molar-refractivity contribution is 6.31. The second-order valence-electron chi connectivity index (χ2n) is 4.09. The summed E-state index contributed by atoms with van der Waals surface area (Å²) >= 11 is 6.00. The Hall–Kier alpha value is -1.45. The van der Waals surface area contributed by atoms with Crippen LogP contribution in [0.25, 0.3) is 0 Å². The number of rotatable bonds is 4. The van der Waals surface area contributed by atoms with Crippen LogP contribution in [-0.2, 0) is 6.54 Å². The summed E-state index contributed by atoms with van der Waals surface area (Å²) in [6.07, 6.45) is 1.75. The van der Waals surface area contributed by atoms with Crippen molar-refractivity contribution in [1.29, 1.82) is 0 Å². The second-order valence-corrected chi connectivity index (χ2v) is 4.50. The molecule has 4 heteroatoms. The van der Waals surface area contributed by atoms with E-state index in [-0.39, 0.29) is 11.9 Å². The van der Waals surface area contributed by atoms with E-state index in [9.17, 15) is 4.39 Å². The Morgan fingerprint density at radius 3 is 2.89 bits per heavy atom. The third-order valence-electron chi connectivity index (χ3n) is 2.74. The lowest BCUT2D eigenvalue weighted by Gasteiger charge is -2.13. The first-order chi connectivity index (χ1) is 8.66. The number of halogens is 2. The lowest BCUT2D eigenvalue weighted by molar-refractivity contribution is 0.557. The van der Waals surface area contributed by atoms with E-state index in [1.54, 1.807) is 12.3 Å². The molecular weight excluding hydrogens is 251 g/mol. The molecule has 2 nitrogen and oxygen atoms in total. The third kappa shape index (κ3) is 3.28. The number of hydrogen-bond donors (Lipinski definition) is 1. The molecule has 0 saturated carbocycles. The topological polar surface area (TPSA) is 24.9 Å². The van der Waals surface area contributed by atoms with E-state index in [4.69, 9.17) is 11.6 Å². The minimum atomic E-state index is -0.276. The largest absolute Gasteiger partial charge is 0.305 e. The predicted octanol–water partition coefficient (Wildman–Crippen LogP) is 3.72. The molecule has 94 valence electrons. The minimum Gasteiger partial charge on any atom is -0.305 e. The van der Waals surface area contributed by atoms with E-state index in [1.807, 2.05) is 25.1 Å². The molecule has 1 aromatic carbocycles. The summed E-state index contributed by atoms with van der Waals surface area (Å²) in [5.41, 5.74) is 1.70. The monoisotopic (exact) mass is 264 g/mol. The Labute approximate surface area is 111 Å². The molecule has 1 N–H and O–H groups in total. The van der Waals surface area contributed by atoms with Crippen LogP contribution in [0.1, 0.15) is 24.2 Å². The normalized spacial score (nSPS) is 12.4. The van der Waals surface area contributed by atoms with Gasteiger partial charge in [0.1, 0.15) is 5.82 Å². The van der Waals surface area contributed by atoms with Crippen molar-refractivity contribution >= 4 is 11.6 Å². The van der Waals surface area contributed by atoms with Crippen molar-refractivity contribution in [3.8, 4) is 0 Å². The van der Waals surface area contributed by atoms with Gasteiger partial charge in [-0.3, -0.25) is 4.98 Å². The maximum Gasteiger partial charge on any atom is 0.123 e. The van der Waals surface area contributed by atoms with E-state index in [1.165, 1.54) is 12.1 Å². The molecule has 1 aromatic heterocycles. The van der Waals surface area contributed by atoms with Crippen LogP contribution < -0.4 is 5.32 Å². The van der Waals surface area contributed by atoms with Crippen LogP contribution in [0.2, 0.25) is 5.02 Å². The first-order valence-corrected chi connectivity index (χ1v) is 6.13. The highest BCUT2D eigenvalue weighted by Crippen LogP contribution is 2.18. The molecule has 1 atom stereocenters. The van der Waals surface area contributed by atoms with Gasteiger partial charge in [-0.1, -0.05) is 17.7 Å². The third-order valence-corrected chi connectivity index (χ3v) is 3.11. The van der Waals surface area contributed by atoms with Crippen molar-refractivity contribution in [1.82, 2.24) is 10.3 Å². The molecule has 0 aliphatic carbocycles. The Balaban J connectivity index is 2.01. The highest BCUT2D eigenvalue weighted by Gasteiger charge is 2.07.